The lowest BCUT2D eigenvalue weighted by molar-refractivity contribution is 0.287. The number of nitrogens with one attached hydrogen (secondary N) is 1. The standard InChI is InChI=1S/C21H21ClN4O2/c1-28-15-10-8-14(9-11-15)18-13-19(16-5-2-3-6-17(16)22)26-21(23-18)24-20(25-26)7-4-12-27/h2-3,5-6,8-11,13,19,27H,4,7,12H2,1H3,(H,23,24,25). The Bertz CT molecular complexity index is 998. The number of nitrogens with zero attached hydrogens (tertiary/aromatic N) is 3. The summed E-state index contributed by atoms with van der Waals surface area (Å²) in [6.07, 6.45) is 3.34. The lowest BCUT2D eigenvalue weighted by Crippen LogP contribution is -2.20. The van der Waals surface area contributed by atoms with Gasteiger partial charge in [0.15, 0.2) is 5.82 Å². The largest absolute Gasteiger partial charge is 0.497 e. The number of ether oxygens (including phenoxy) is 1. The normalized spacial score (nSPS) is 15.5. The van der Waals surface area contributed by atoms with Crippen LogP contribution in [0, 0.1) is 0 Å². The van der Waals surface area contributed by atoms with E-state index in [-0.39, 0.29) is 12.6 Å². The first-order valence-electron chi connectivity index (χ1n) is 9.13. The second kappa shape index (κ2) is 8.04. The summed E-state index contributed by atoms with van der Waals surface area (Å²) >= 11 is 6.49. The third kappa shape index (κ3) is 3.61. The van der Waals surface area contributed by atoms with Crippen molar-refractivity contribution >= 4 is 23.2 Å². The number of methoxy groups -OCH3 is 1. The first kappa shape index (κ1) is 18.5. The van der Waals surface area contributed by atoms with Crippen LogP contribution in [0.5, 0.6) is 5.75 Å². The van der Waals surface area contributed by atoms with E-state index in [0.717, 1.165) is 22.6 Å². The maximum atomic E-state index is 9.11. The van der Waals surface area contributed by atoms with Gasteiger partial charge in [-0.3, -0.25) is 0 Å². The van der Waals surface area contributed by atoms with Crippen molar-refractivity contribution in [3.63, 3.8) is 0 Å². The van der Waals surface area contributed by atoms with Crippen LogP contribution in [0.4, 0.5) is 5.95 Å². The van der Waals surface area contributed by atoms with Crippen molar-refractivity contribution in [3.05, 3.63) is 76.6 Å². The maximum Gasteiger partial charge on any atom is 0.226 e. The van der Waals surface area contributed by atoms with Gasteiger partial charge in [-0.15, -0.1) is 0 Å². The fourth-order valence-corrected chi connectivity index (χ4v) is 3.50. The predicted molar refractivity (Wildman–Crippen MR) is 110 cm³/mol. The number of halogens is 1. The average molecular weight is 397 g/mol. The molecule has 1 aromatic heterocycles. The molecule has 1 aliphatic rings. The molecule has 2 heterocycles. The Morgan fingerprint density at radius 2 is 1.96 bits per heavy atom. The summed E-state index contributed by atoms with van der Waals surface area (Å²) in [5, 5.41) is 17.8. The molecule has 144 valence electrons. The Morgan fingerprint density at radius 1 is 1.18 bits per heavy atom. The number of anilines is 1. The molecule has 1 atom stereocenters. The highest BCUT2D eigenvalue weighted by atomic mass is 35.5. The first-order chi connectivity index (χ1) is 13.7. The Kier molecular flexibility index (Phi) is 5.32. The molecule has 1 aliphatic heterocycles. The summed E-state index contributed by atoms with van der Waals surface area (Å²) < 4.78 is 7.10. The van der Waals surface area contributed by atoms with Crippen molar-refractivity contribution in [3.8, 4) is 5.75 Å². The van der Waals surface area contributed by atoms with Crippen LogP contribution in [-0.4, -0.2) is 33.6 Å². The number of rotatable bonds is 6. The summed E-state index contributed by atoms with van der Waals surface area (Å²) in [7, 11) is 1.65. The number of fused-ring (bicyclic) bond motifs is 1. The van der Waals surface area contributed by atoms with Crippen LogP contribution < -0.4 is 10.1 Å². The van der Waals surface area contributed by atoms with Gasteiger partial charge in [-0.25, -0.2) is 4.68 Å². The summed E-state index contributed by atoms with van der Waals surface area (Å²) in [6.45, 7) is 0.112. The minimum absolute atomic E-state index is 0.112. The van der Waals surface area contributed by atoms with Crippen LogP contribution in [0.3, 0.4) is 0 Å². The topological polar surface area (TPSA) is 72.2 Å². The SMILES string of the molecule is COc1ccc(C2=CC(c3ccccc3Cl)n3nc(CCCO)nc3N2)cc1. The van der Waals surface area contributed by atoms with E-state index in [4.69, 9.17) is 21.4 Å². The van der Waals surface area contributed by atoms with Gasteiger partial charge in [0, 0.05) is 23.7 Å². The fourth-order valence-electron chi connectivity index (χ4n) is 3.26. The van der Waals surface area contributed by atoms with Crippen LogP contribution >= 0.6 is 11.6 Å². The number of benzene rings is 2. The van der Waals surface area contributed by atoms with Crippen molar-refractivity contribution in [2.45, 2.75) is 18.9 Å². The van der Waals surface area contributed by atoms with Crippen LogP contribution in [0.15, 0.2) is 54.6 Å². The molecule has 0 radical (unpaired) electrons. The molecule has 3 aromatic rings. The molecule has 0 fully saturated rings. The molecule has 2 N–H and O–H groups in total. The maximum absolute atomic E-state index is 9.11. The van der Waals surface area contributed by atoms with Gasteiger partial charge in [-0.1, -0.05) is 29.8 Å². The molecule has 1 unspecified atom stereocenters. The molecular weight excluding hydrogens is 376 g/mol. The first-order valence-corrected chi connectivity index (χ1v) is 9.51. The lowest BCUT2D eigenvalue weighted by Gasteiger charge is -2.25. The highest BCUT2D eigenvalue weighted by molar-refractivity contribution is 6.31. The van der Waals surface area contributed by atoms with E-state index in [1.54, 1.807) is 7.11 Å². The highest BCUT2D eigenvalue weighted by Gasteiger charge is 2.26. The summed E-state index contributed by atoms with van der Waals surface area (Å²) in [4.78, 5) is 4.62. The molecule has 28 heavy (non-hydrogen) atoms. The lowest BCUT2D eigenvalue weighted by atomic mass is 10.0. The number of aromatic nitrogens is 3. The van der Waals surface area contributed by atoms with Crippen molar-refractivity contribution in [2.75, 3.05) is 19.0 Å². The Hall–Kier alpha value is -2.83. The summed E-state index contributed by atoms with van der Waals surface area (Å²) in [5.74, 6) is 2.15. The molecule has 0 aliphatic carbocycles. The van der Waals surface area contributed by atoms with Gasteiger partial charge in [0.1, 0.15) is 11.8 Å². The van der Waals surface area contributed by atoms with Crippen molar-refractivity contribution < 1.29 is 9.84 Å². The molecule has 4 rings (SSSR count). The Labute approximate surface area is 168 Å². The van der Waals surface area contributed by atoms with Crippen molar-refractivity contribution in [1.82, 2.24) is 14.8 Å². The quantitative estimate of drug-likeness (QED) is 0.660. The smallest absolute Gasteiger partial charge is 0.226 e. The van der Waals surface area contributed by atoms with Crippen LogP contribution in [0.25, 0.3) is 5.70 Å². The van der Waals surface area contributed by atoms with Gasteiger partial charge in [-0.05, 0) is 54.0 Å². The molecule has 7 heteroatoms. The molecule has 0 amide bonds. The van der Waals surface area contributed by atoms with Crippen LogP contribution in [0.2, 0.25) is 5.02 Å². The monoisotopic (exact) mass is 396 g/mol. The van der Waals surface area contributed by atoms with Gasteiger partial charge >= 0.3 is 0 Å². The fraction of sp³-hybridized carbons (Fsp3) is 0.238. The Morgan fingerprint density at radius 3 is 2.68 bits per heavy atom. The van der Waals surface area contributed by atoms with Crippen molar-refractivity contribution in [2.24, 2.45) is 0 Å². The predicted octanol–water partition coefficient (Wildman–Crippen LogP) is 3.92. The Balaban J connectivity index is 1.77. The number of hydrogen-bond donors (Lipinski definition) is 2. The third-order valence-corrected chi connectivity index (χ3v) is 5.04. The third-order valence-electron chi connectivity index (χ3n) is 4.69. The van der Waals surface area contributed by atoms with Gasteiger partial charge in [0.2, 0.25) is 5.95 Å². The van der Waals surface area contributed by atoms with Gasteiger partial charge < -0.3 is 15.2 Å². The molecule has 0 saturated carbocycles. The number of hydrogen-bond acceptors (Lipinski definition) is 5. The zero-order valence-electron chi connectivity index (χ0n) is 15.5. The van der Waals surface area contributed by atoms with Crippen LogP contribution in [-0.2, 0) is 6.42 Å². The molecule has 2 aromatic carbocycles. The minimum atomic E-state index is -0.183. The van der Waals surface area contributed by atoms with Crippen LogP contribution in [0.1, 0.15) is 29.4 Å². The van der Waals surface area contributed by atoms with Gasteiger partial charge in [-0.2, -0.15) is 10.1 Å². The van der Waals surface area contributed by atoms with E-state index in [1.165, 1.54) is 0 Å². The second-order valence-electron chi connectivity index (χ2n) is 6.52. The molecular formula is C21H21ClN4O2. The zero-order valence-corrected chi connectivity index (χ0v) is 16.2. The number of aliphatic hydroxyl groups excluding tert-OH is 1. The highest BCUT2D eigenvalue weighted by Crippen LogP contribution is 2.35. The summed E-state index contributed by atoms with van der Waals surface area (Å²) in [5.41, 5.74) is 2.90. The zero-order chi connectivity index (χ0) is 19.5. The van der Waals surface area contributed by atoms with E-state index < -0.39 is 0 Å². The molecule has 0 bridgehead atoms. The summed E-state index contributed by atoms with van der Waals surface area (Å²) in [6, 6.07) is 15.4. The minimum Gasteiger partial charge on any atom is -0.497 e. The van der Waals surface area contributed by atoms with Gasteiger partial charge in [0.05, 0.1) is 7.11 Å². The van der Waals surface area contributed by atoms with E-state index in [2.05, 4.69) is 21.5 Å². The second-order valence-corrected chi connectivity index (χ2v) is 6.93. The number of allylic oxidation sites excluding steroid dienone is 1. The average Bonchev–Trinajstić information content (AvgIpc) is 3.15. The van der Waals surface area contributed by atoms with E-state index >= 15 is 0 Å². The van der Waals surface area contributed by atoms with Gasteiger partial charge in [0.25, 0.3) is 0 Å². The van der Waals surface area contributed by atoms with Crippen molar-refractivity contribution in [1.29, 1.82) is 0 Å². The van der Waals surface area contributed by atoms with E-state index in [1.807, 2.05) is 53.2 Å². The van der Waals surface area contributed by atoms with E-state index in [0.29, 0.717) is 29.6 Å². The number of aryl methyl sites for hydroxylation is 1. The number of aliphatic hydroxyl groups is 1. The molecule has 6 nitrogen and oxygen atoms in total. The molecule has 0 spiro atoms. The molecule has 0 saturated heterocycles. The van der Waals surface area contributed by atoms with E-state index in [9.17, 15) is 0 Å².